The molecule has 20 heavy (non-hydrogen) atoms. The number of anilines is 1. The third kappa shape index (κ3) is 2.18. The molecule has 2 N–H and O–H groups in total. The Balaban J connectivity index is 2.29. The van der Waals surface area contributed by atoms with Crippen LogP contribution in [0.2, 0.25) is 10.0 Å². The Kier molecular flexibility index (Phi) is 3.40. The van der Waals surface area contributed by atoms with E-state index in [0.717, 1.165) is 15.6 Å². The van der Waals surface area contributed by atoms with Gasteiger partial charge in [-0.25, -0.2) is 4.98 Å². The normalized spacial score (nSPS) is 11.2. The van der Waals surface area contributed by atoms with Crippen molar-refractivity contribution in [2.75, 3.05) is 5.73 Å². The van der Waals surface area contributed by atoms with Gasteiger partial charge in [-0.2, -0.15) is 0 Å². The van der Waals surface area contributed by atoms with Gasteiger partial charge in [-0.05, 0) is 24.6 Å². The van der Waals surface area contributed by atoms with E-state index in [1.807, 2.05) is 25.1 Å². The largest absolute Gasteiger partial charge is 0.383 e. The topological polar surface area (TPSA) is 43.3 Å². The second kappa shape index (κ2) is 4.95. The number of imidazole rings is 1. The lowest BCUT2D eigenvalue weighted by molar-refractivity contribution is 1.20. The van der Waals surface area contributed by atoms with E-state index >= 15 is 0 Å². The minimum Gasteiger partial charge on any atom is -0.383 e. The molecular weight excluding hydrogens is 361 g/mol. The van der Waals surface area contributed by atoms with Crippen LogP contribution in [-0.4, -0.2) is 9.38 Å². The van der Waals surface area contributed by atoms with E-state index in [9.17, 15) is 0 Å². The number of rotatable bonds is 1. The lowest BCUT2D eigenvalue weighted by Crippen LogP contribution is -1.94. The molecule has 2 heterocycles. The number of hydrogen-bond donors (Lipinski definition) is 1. The van der Waals surface area contributed by atoms with Crippen LogP contribution in [0.25, 0.3) is 16.9 Å². The van der Waals surface area contributed by atoms with Crippen molar-refractivity contribution in [3.8, 4) is 11.3 Å². The van der Waals surface area contributed by atoms with Crippen molar-refractivity contribution >= 4 is 50.6 Å². The summed E-state index contributed by atoms with van der Waals surface area (Å²) in [5.74, 6) is 0.514. The monoisotopic (exact) mass is 369 g/mol. The number of aromatic nitrogens is 2. The highest BCUT2D eigenvalue weighted by atomic mass is 79.9. The molecule has 3 nitrogen and oxygen atoms in total. The van der Waals surface area contributed by atoms with Crippen molar-refractivity contribution in [2.24, 2.45) is 0 Å². The van der Waals surface area contributed by atoms with Crippen molar-refractivity contribution in [1.82, 2.24) is 9.38 Å². The standard InChI is InChI=1S/C14H10BrCl2N3/c1-7-2-3-8(4-10(7)15)12-13(18)20-6-9(16)5-11(17)14(20)19-12/h2-6H,18H2,1H3. The number of fused-ring (bicyclic) bond motifs is 1. The molecule has 0 amide bonds. The zero-order valence-corrected chi connectivity index (χ0v) is 13.6. The van der Waals surface area contributed by atoms with Gasteiger partial charge in [0.15, 0.2) is 5.65 Å². The first-order chi connectivity index (χ1) is 9.47. The average molecular weight is 371 g/mol. The minimum absolute atomic E-state index is 0.474. The molecule has 0 atom stereocenters. The van der Waals surface area contributed by atoms with Gasteiger partial charge in [0, 0.05) is 16.2 Å². The number of nitrogens with zero attached hydrogens (tertiary/aromatic N) is 2. The van der Waals surface area contributed by atoms with Gasteiger partial charge in [0.05, 0.1) is 10.0 Å². The maximum absolute atomic E-state index is 6.16. The Morgan fingerprint density at radius 2 is 2.00 bits per heavy atom. The molecule has 0 saturated carbocycles. The van der Waals surface area contributed by atoms with E-state index in [1.165, 1.54) is 0 Å². The zero-order chi connectivity index (χ0) is 14.4. The highest BCUT2D eigenvalue weighted by molar-refractivity contribution is 9.10. The van der Waals surface area contributed by atoms with Gasteiger partial charge in [-0.3, -0.25) is 4.40 Å². The SMILES string of the molecule is Cc1ccc(-c2nc3c(Cl)cc(Cl)cn3c2N)cc1Br. The van der Waals surface area contributed by atoms with Crippen molar-refractivity contribution in [1.29, 1.82) is 0 Å². The van der Waals surface area contributed by atoms with Crippen LogP contribution in [0.3, 0.4) is 0 Å². The van der Waals surface area contributed by atoms with Crippen LogP contribution in [0.5, 0.6) is 0 Å². The van der Waals surface area contributed by atoms with Gasteiger partial charge in [0.2, 0.25) is 0 Å². The predicted octanol–water partition coefficient (Wildman–Crippen LogP) is 4.96. The smallest absolute Gasteiger partial charge is 0.158 e. The Bertz CT molecular complexity index is 827. The molecular formula is C14H10BrCl2N3. The number of benzene rings is 1. The molecule has 0 aliphatic heterocycles. The molecule has 6 heteroatoms. The predicted molar refractivity (Wildman–Crippen MR) is 87.5 cm³/mol. The quantitative estimate of drug-likeness (QED) is 0.657. The summed E-state index contributed by atoms with van der Waals surface area (Å²) in [6.45, 7) is 2.03. The molecule has 1 aromatic carbocycles. The molecule has 2 aromatic heterocycles. The molecule has 0 aliphatic carbocycles. The van der Waals surface area contributed by atoms with E-state index in [4.69, 9.17) is 28.9 Å². The second-order valence-corrected chi connectivity index (χ2v) is 6.21. The number of hydrogen-bond acceptors (Lipinski definition) is 2. The molecule has 3 aromatic rings. The Morgan fingerprint density at radius 3 is 2.70 bits per heavy atom. The molecule has 0 aliphatic rings. The number of nitrogens with two attached hydrogens (primary N) is 1. The van der Waals surface area contributed by atoms with Crippen LogP contribution in [0.4, 0.5) is 5.82 Å². The fourth-order valence-corrected chi connectivity index (χ4v) is 2.94. The summed E-state index contributed by atoms with van der Waals surface area (Å²) in [6, 6.07) is 7.63. The van der Waals surface area contributed by atoms with Gasteiger partial charge in [0.1, 0.15) is 11.5 Å². The first-order valence-corrected chi connectivity index (χ1v) is 7.41. The Morgan fingerprint density at radius 1 is 1.25 bits per heavy atom. The summed E-state index contributed by atoms with van der Waals surface area (Å²) in [4.78, 5) is 4.52. The minimum atomic E-state index is 0.474. The average Bonchev–Trinajstić information content (AvgIpc) is 2.71. The number of pyridine rings is 1. The van der Waals surface area contributed by atoms with Crippen molar-refractivity contribution in [2.45, 2.75) is 6.92 Å². The van der Waals surface area contributed by atoms with Crippen LogP contribution in [-0.2, 0) is 0 Å². The van der Waals surface area contributed by atoms with Crippen LogP contribution in [0.1, 0.15) is 5.56 Å². The molecule has 0 fully saturated rings. The number of aryl methyl sites for hydroxylation is 1. The molecule has 0 saturated heterocycles. The summed E-state index contributed by atoms with van der Waals surface area (Å²) in [7, 11) is 0. The van der Waals surface area contributed by atoms with Crippen LogP contribution in [0, 0.1) is 6.92 Å². The third-order valence-corrected chi connectivity index (χ3v) is 4.46. The van der Waals surface area contributed by atoms with Crippen molar-refractivity contribution in [3.05, 3.63) is 50.5 Å². The molecule has 0 spiro atoms. The van der Waals surface area contributed by atoms with Gasteiger partial charge in [-0.15, -0.1) is 0 Å². The summed E-state index contributed by atoms with van der Waals surface area (Å²) >= 11 is 15.7. The lowest BCUT2D eigenvalue weighted by Gasteiger charge is -2.03. The van der Waals surface area contributed by atoms with Gasteiger partial charge in [-0.1, -0.05) is 51.3 Å². The highest BCUT2D eigenvalue weighted by Gasteiger charge is 2.14. The van der Waals surface area contributed by atoms with E-state index in [0.29, 0.717) is 27.2 Å². The van der Waals surface area contributed by atoms with Crippen LogP contribution in [0.15, 0.2) is 34.9 Å². The maximum Gasteiger partial charge on any atom is 0.158 e. The Labute approximate surface area is 134 Å². The molecule has 0 radical (unpaired) electrons. The fraction of sp³-hybridized carbons (Fsp3) is 0.0714. The third-order valence-electron chi connectivity index (χ3n) is 3.12. The summed E-state index contributed by atoms with van der Waals surface area (Å²) in [6.07, 6.45) is 1.71. The van der Waals surface area contributed by atoms with Gasteiger partial charge < -0.3 is 5.73 Å². The summed E-state index contributed by atoms with van der Waals surface area (Å²) in [5.41, 5.74) is 9.53. The van der Waals surface area contributed by atoms with Crippen molar-refractivity contribution < 1.29 is 0 Å². The lowest BCUT2D eigenvalue weighted by atomic mass is 10.1. The molecule has 102 valence electrons. The number of halogens is 3. The van der Waals surface area contributed by atoms with E-state index in [1.54, 1.807) is 16.7 Å². The molecule has 0 unspecified atom stereocenters. The summed E-state index contributed by atoms with van der Waals surface area (Å²) < 4.78 is 2.71. The molecule has 3 rings (SSSR count). The van der Waals surface area contributed by atoms with Gasteiger partial charge >= 0.3 is 0 Å². The maximum atomic E-state index is 6.16. The second-order valence-electron chi connectivity index (χ2n) is 4.51. The van der Waals surface area contributed by atoms with E-state index < -0.39 is 0 Å². The number of nitrogen functional groups attached to an aromatic ring is 1. The van der Waals surface area contributed by atoms with Crippen LogP contribution >= 0.6 is 39.1 Å². The first kappa shape index (κ1) is 13.7. The van der Waals surface area contributed by atoms with E-state index in [2.05, 4.69) is 20.9 Å². The molecule has 0 bridgehead atoms. The zero-order valence-electron chi connectivity index (χ0n) is 10.5. The van der Waals surface area contributed by atoms with Crippen LogP contribution < -0.4 is 5.73 Å². The van der Waals surface area contributed by atoms with Crippen molar-refractivity contribution in [3.63, 3.8) is 0 Å². The van der Waals surface area contributed by atoms with Gasteiger partial charge in [0.25, 0.3) is 0 Å². The first-order valence-electron chi connectivity index (χ1n) is 5.86. The Hall–Kier alpha value is -1.23. The summed E-state index contributed by atoms with van der Waals surface area (Å²) in [5, 5.41) is 0.991. The van der Waals surface area contributed by atoms with E-state index in [-0.39, 0.29) is 0 Å². The highest BCUT2D eigenvalue weighted by Crippen LogP contribution is 2.32. The fourth-order valence-electron chi connectivity index (χ4n) is 2.04.